The van der Waals surface area contributed by atoms with E-state index >= 15 is 0 Å². The van der Waals surface area contributed by atoms with Crippen molar-refractivity contribution in [1.82, 2.24) is 4.98 Å². The highest BCUT2D eigenvalue weighted by Crippen LogP contribution is 2.40. The quantitative estimate of drug-likeness (QED) is 0.560. The molecule has 0 fully saturated rings. The van der Waals surface area contributed by atoms with Crippen molar-refractivity contribution in [1.29, 1.82) is 5.26 Å². The number of nitrogens with two attached hydrogens (primary N) is 1. The van der Waals surface area contributed by atoms with Gasteiger partial charge in [-0.05, 0) is 68.0 Å². The van der Waals surface area contributed by atoms with E-state index in [2.05, 4.69) is 27.4 Å². The topological polar surface area (TPSA) is 110 Å². The average Bonchev–Trinajstić information content (AvgIpc) is 3.26. The maximum absolute atomic E-state index is 11.2. The second kappa shape index (κ2) is 9.32. The van der Waals surface area contributed by atoms with Crippen LogP contribution in [-0.4, -0.2) is 19.5 Å². The van der Waals surface area contributed by atoms with Crippen molar-refractivity contribution in [2.24, 2.45) is 5.14 Å². The van der Waals surface area contributed by atoms with E-state index in [0.29, 0.717) is 11.3 Å². The summed E-state index contributed by atoms with van der Waals surface area (Å²) in [5, 5.41) is 15.4. The van der Waals surface area contributed by atoms with Crippen molar-refractivity contribution < 1.29 is 13.2 Å². The van der Waals surface area contributed by atoms with E-state index in [0.717, 1.165) is 51.4 Å². The molecule has 0 spiro atoms. The minimum Gasteiger partial charge on any atom is -0.490 e. The molecule has 0 aliphatic heterocycles. The number of thiazole rings is 1. The number of aromatic nitrogens is 1. The molecule has 1 aliphatic carbocycles. The van der Waals surface area contributed by atoms with E-state index in [-0.39, 0.29) is 12.0 Å². The summed E-state index contributed by atoms with van der Waals surface area (Å²) in [5.74, 6) is 0.347. The van der Waals surface area contributed by atoms with Gasteiger partial charge in [-0.3, -0.25) is 0 Å². The number of hydrogen-bond acceptors (Lipinski definition) is 6. The van der Waals surface area contributed by atoms with Gasteiger partial charge in [-0.25, -0.2) is 4.98 Å². The SMILES string of the molecule is CC(C)Oc1ccc(-c2ncc(-c3cccc4c3CCCC4C#[N+]S(N)(=O)=O)s2)cc1C#N. The van der Waals surface area contributed by atoms with Crippen LogP contribution in [0, 0.1) is 17.4 Å². The maximum Gasteiger partial charge on any atom is 0.556 e. The molecule has 9 heteroatoms. The van der Waals surface area contributed by atoms with Crippen LogP contribution in [0.25, 0.3) is 25.3 Å². The molecule has 2 aromatic carbocycles. The Labute approximate surface area is 197 Å². The third-order valence-corrected chi connectivity index (χ3v) is 6.76. The minimum atomic E-state index is -3.96. The Balaban J connectivity index is 1.69. The standard InChI is InChI=1S/C24H23N4O3S2/c1-15(2)31-22-10-9-16(11-18(22)12-25)24-27-14-23(32-24)21-8-4-6-19-17(5-3-7-20(19)21)13-28-33(26,29)30/h4,6,8-11,14-15,17H,3,5,7H2,1-2H3,(H2,26,29,30)/q+1. The van der Waals surface area contributed by atoms with Crippen molar-refractivity contribution >= 4 is 21.5 Å². The Kier molecular flexibility index (Phi) is 6.48. The summed E-state index contributed by atoms with van der Waals surface area (Å²) >= 11 is 1.55. The monoisotopic (exact) mass is 479 g/mol. The maximum atomic E-state index is 11.2. The zero-order chi connectivity index (χ0) is 23.6. The zero-order valence-corrected chi connectivity index (χ0v) is 19.9. The van der Waals surface area contributed by atoms with Crippen LogP contribution in [0.4, 0.5) is 0 Å². The Hall–Kier alpha value is -3.24. The molecule has 168 valence electrons. The lowest BCUT2D eigenvalue weighted by Gasteiger charge is -2.21. The molecule has 1 unspecified atom stereocenters. The fraction of sp³-hybridized carbons (Fsp3) is 0.292. The molecule has 1 aromatic heterocycles. The number of ether oxygens (including phenoxy) is 1. The smallest absolute Gasteiger partial charge is 0.490 e. The van der Waals surface area contributed by atoms with Crippen LogP contribution < -0.4 is 9.88 Å². The summed E-state index contributed by atoms with van der Waals surface area (Å²) in [6.45, 7) is 3.84. The van der Waals surface area contributed by atoms with E-state index in [1.165, 1.54) is 0 Å². The third-order valence-electron chi connectivity index (χ3n) is 5.32. The van der Waals surface area contributed by atoms with Crippen LogP contribution in [0.1, 0.15) is 49.3 Å². The van der Waals surface area contributed by atoms with Crippen molar-refractivity contribution in [3.05, 3.63) is 63.5 Å². The number of fused-ring (bicyclic) bond motifs is 1. The van der Waals surface area contributed by atoms with Gasteiger partial charge in [0.1, 0.15) is 22.7 Å². The molecular weight excluding hydrogens is 456 g/mol. The van der Waals surface area contributed by atoms with E-state index in [9.17, 15) is 13.7 Å². The van der Waals surface area contributed by atoms with Crippen LogP contribution in [0.2, 0.25) is 0 Å². The van der Waals surface area contributed by atoms with Crippen LogP contribution in [-0.2, 0) is 16.6 Å². The lowest BCUT2D eigenvalue weighted by atomic mass is 9.81. The molecule has 0 saturated heterocycles. The van der Waals surface area contributed by atoms with Crippen LogP contribution in [0.3, 0.4) is 0 Å². The molecule has 3 aromatic rings. The molecule has 0 saturated carbocycles. The van der Waals surface area contributed by atoms with Gasteiger partial charge in [0.05, 0.1) is 20.8 Å². The van der Waals surface area contributed by atoms with E-state index in [1.807, 2.05) is 44.3 Å². The number of rotatable bonds is 4. The van der Waals surface area contributed by atoms with Crippen LogP contribution in [0.15, 0.2) is 42.6 Å². The van der Waals surface area contributed by atoms with Gasteiger partial charge in [0.25, 0.3) is 0 Å². The summed E-state index contributed by atoms with van der Waals surface area (Å²) in [6, 6.07) is 16.4. The molecule has 33 heavy (non-hydrogen) atoms. The lowest BCUT2D eigenvalue weighted by molar-refractivity contribution is 0.242. The first-order valence-electron chi connectivity index (χ1n) is 10.5. The molecule has 1 atom stereocenters. The normalized spacial score (nSPS) is 15.3. The number of nitriles is 1. The van der Waals surface area contributed by atoms with Crippen molar-refractivity contribution in [2.75, 3.05) is 0 Å². The van der Waals surface area contributed by atoms with Crippen molar-refractivity contribution in [3.63, 3.8) is 0 Å². The molecule has 4 rings (SSSR count). The minimum absolute atomic E-state index is 0.0188. The number of nitrogens with zero attached hydrogens (tertiary/aromatic N) is 3. The van der Waals surface area contributed by atoms with E-state index in [4.69, 9.17) is 9.88 Å². The highest BCUT2D eigenvalue weighted by molar-refractivity contribution is 7.91. The molecule has 0 bridgehead atoms. The number of hydrogen-bond donors (Lipinski definition) is 1. The number of benzene rings is 2. The van der Waals surface area contributed by atoms with Gasteiger partial charge in [-0.2, -0.15) is 10.4 Å². The van der Waals surface area contributed by atoms with Crippen LogP contribution in [0.5, 0.6) is 5.75 Å². The molecule has 1 heterocycles. The average molecular weight is 480 g/mol. The predicted octanol–water partition coefficient (Wildman–Crippen LogP) is 5.09. The Bertz CT molecular complexity index is 1410. The van der Waals surface area contributed by atoms with Crippen molar-refractivity contribution in [2.45, 2.75) is 45.1 Å². The second-order valence-corrected chi connectivity index (χ2v) is 10.3. The van der Waals surface area contributed by atoms with Gasteiger partial charge in [0.2, 0.25) is 0 Å². The molecule has 2 N–H and O–H groups in total. The lowest BCUT2D eigenvalue weighted by Crippen LogP contribution is -2.10. The summed E-state index contributed by atoms with van der Waals surface area (Å²) in [7, 11) is -3.96. The van der Waals surface area contributed by atoms with Gasteiger partial charge < -0.3 is 4.74 Å². The molecule has 0 amide bonds. The van der Waals surface area contributed by atoms with Gasteiger partial charge in [0, 0.05) is 11.8 Å². The Morgan fingerprint density at radius 2 is 2.12 bits per heavy atom. The van der Waals surface area contributed by atoms with Crippen molar-refractivity contribution in [3.8, 4) is 38.9 Å². The molecule has 0 radical (unpaired) electrons. The first-order chi connectivity index (χ1) is 15.7. The van der Waals surface area contributed by atoms with Gasteiger partial charge in [0.15, 0.2) is 0 Å². The largest absolute Gasteiger partial charge is 0.556 e. The highest BCUT2D eigenvalue weighted by atomic mass is 32.2. The van der Waals surface area contributed by atoms with E-state index < -0.39 is 10.2 Å². The Morgan fingerprint density at radius 1 is 1.30 bits per heavy atom. The second-order valence-electron chi connectivity index (χ2n) is 8.07. The summed E-state index contributed by atoms with van der Waals surface area (Å²) in [6.07, 6.45) is 4.37. The Morgan fingerprint density at radius 3 is 2.85 bits per heavy atom. The van der Waals surface area contributed by atoms with Gasteiger partial charge >= 0.3 is 16.3 Å². The molecule has 1 aliphatic rings. The van der Waals surface area contributed by atoms with E-state index in [1.54, 1.807) is 17.4 Å². The third kappa shape index (κ3) is 5.23. The van der Waals surface area contributed by atoms with Gasteiger partial charge in [-0.1, -0.05) is 18.2 Å². The summed E-state index contributed by atoms with van der Waals surface area (Å²) < 4.78 is 31.6. The highest BCUT2D eigenvalue weighted by Gasteiger charge is 2.27. The fourth-order valence-corrected chi connectivity index (χ4v) is 5.23. The fourth-order valence-electron chi connectivity index (χ4n) is 3.99. The van der Waals surface area contributed by atoms with Gasteiger partial charge in [-0.15, -0.1) is 19.8 Å². The van der Waals surface area contributed by atoms with Crippen LogP contribution >= 0.6 is 11.3 Å². The first kappa shape index (κ1) is 22.9. The zero-order valence-electron chi connectivity index (χ0n) is 18.3. The first-order valence-corrected chi connectivity index (χ1v) is 12.9. The summed E-state index contributed by atoms with van der Waals surface area (Å²) in [5.41, 5.74) is 4.57. The molecular formula is C24H23N4O3S2+. The predicted molar refractivity (Wildman–Crippen MR) is 129 cm³/mol. The molecule has 7 nitrogen and oxygen atoms in total. The summed E-state index contributed by atoms with van der Waals surface area (Å²) in [4.78, 5) is 5.61.